The van der Waals surface area contributed by atoms with Gasteiger partial charge in [0.15, 0.2) is 5.76 Å². The number of aliphatic hydroxyl groups is 1. The van der Waals surface area contributed by atoms with Gasteiger partial charge in [-0.3, -0.25) is 0 Å². The van der Waals surface area contributed by atoms with Crippen molar-refractivity contribution in [3.05, 3.63) is 45.7 Å². The van der Waals surface area contributed by atoms with E-state index in [-0.39, 0.29) is 16.9 Å². The van der Waals surface area contributed by atoms with Crippen molar-refractivity contribution >= 4 is 11.6 Å². The molecular weight excluding hydrogens is 400 g/mol. The summed E-state index contributed by atoms with van der Waals surface area (Å²) in [6, 6.07) is 0. The lowest BCUT2D eigenvalue weighted by atomic mass is 9.75. The third kappa shape index (κ3) is 6.71. The van der Waals surface area contributed by atoms with Gasteiger partial charge in [-0.05, 0) is 59.8 Å². The molecule has 0 radical (unpaired) electrons. The number of hydrogen-bond donors (Lipinski definition) is 1. The first-order valence-corrected chi connectivity index (χ1v) is 11.2. The Morgan fingerprint density at radius 1 is 0.967 bits per heavy atom. The van der Waals surface area contributed by atoms with Crippen molar-refractivity contribution in [2.75, 3.05) is 21.3 Å². The Hall–Kier alpha value is -1.07. The van der Waals surface area contributed by atoms with Gasteiger partial charge in [-0.15, -0.1) is 0 Å². The van der Waals surface area contributed by atoms with Gasteiger partial charge < -0.3 is 19.3 Å². The van der Waals surface area contributed by atoms with Crippen LogP contribution in [0, 0.1) is 11.8 Å². The van der Waals surface area contributed by atoms with E-state index in [1.165, 1.54) is 23.8 Å². The molecule has 0 aromatic rings. The summed E-state index contributed by atoms with van der Waals surface area (Å²) in [5, 5.41) is 11.0. The van der Waals surface area contributed by atoms with Gasteiger partial charge in [0.25, 0.3) is 0 Å². The molecule has 0 fully saturated rings. The highest BCUT2D eigenvalue weighted by Gasteiger charge is 2.53. The molecule has 0 saturated heterocycles. The zero-order chi connectivity index (χ0) is 22.9. The number of halogens is 1. The topological polar surface area (TPSA) is 47.9 Å². The smallest absolute Gasteiger partial charge is 0.231 e. The van der Waals surface area contributed by atoms with Crippen LogP contribution in [0.1, 0.15) is 66.7 Å². The van der Waals surface area contributed by atoms with E-state index in [0.717, 1.165) is 25.7 Å². The molecule has 30 heavy (non-hydrogen) atoms. The molecule has 0 heterocycles. The fraction of sp³-hybridized carbons (Fsp3) is 0.680. The summed E-state index contributed by atoms with van der Waals surface area (Å²) >= 11 is 6.44. The molecule has 4 nitrogen and oxygen atoms in total. The van der Waals surface area contributed by atoms with Crippen molar-refractivity contribution in [1.29, 1.82) is 0 Å². The van der Waals surface area contributed by atoms with Crippen molar-refractivity contribution < 1.29 is 19.3 Å². The molecule has 5 heteroatoms. The minimum atomic E-state index is -1.09. The highest BCUT2D eigenvalue weighted by Crippen LogP contribution is 2.47. The zero-order valence-corrected chi connectivity index (χ0v) is 20.8. The number of hydrogen-bond acceptors (Lipinski definition) is 4. The Morgan fingerprint density at radius 3 is 2.00 bits per heavy atom. The lowest BCUT2D eigenvalue weighted by Gasteiger charge is -2.46. The van der Waals surface area contributed by atoms with Crippen LogP contribution < -0.4 is 0 Å². The summed E-state index contributed by atoms with van der Waals surface area (Å²) in [5.74, 6) is -1.02. The van der Waals surface area contributed by atoms with Gasteiger partial charge in [-0.25, -0.2) is 0 Å². The molecule has 0 bridgehead atoms. The second-order valence-electron chi connectivity index (χ2n) is 8.55. The molecule has 1 N–H and O–H groups in total. The Balaban J connectivity index is 2.78. The number of methoxy groups -OCH3 is 3. The molecule has 172 valence electrons. The van der Waals surface area contributed by atoms with Crippen LogP contribution in [0.2, 0.25) is 0 Å². The number of rotatable bonds is 11. The SMILES string of the molecule is COC1=C(Cl)C(O)C(C/C=C(\C)CC/C=C(\C)CCC=C(C)C)C(C)C1(OC)OC. The molecule has 3 unspecified atom stereocenters. The van der Waals surface area contributed by atoms with Gasteiger partial charge in [-0.1, -0.05) is 53.5 Å². The molecule has 0 amide bonds. The van der Waals surface area contributed by atoms with Crippen molar-refractivity contribution in [1.82, 2.24) is 0 Å². The third-order valence-corrected chi connectivity index (χ3v) is 6.51. The third-order valence-electron chi connectivity index (χ3n) is 6.11. The normalized spacial score (nSPS) is 24.8. The fourth-order valence-corrected chi connectivity index (χ4v) is 4.51. The van der Waals surface area contributed by atoms with Gasteiger partial charge in [0.1, 0.15) is 0 Å². The van der Waals surface area contributed by atoms with Gasteiger partial charge in [-0.2, -0.15) is 0 Å². The molecule has 0 spiro atoms. The van der Waals surface area contributed by atoms with E-state index in [0.29, 0.717) is 12.2 Å². The monoisotopic (exact) mass is 440 g/mol. The largest absolute Gasteiger partial charge is 0.494 e. The van der Waals surface area contributed by atoms with Gasteiger partial charge in [0.05, 0.1) is 18.2 Å². The van der Waals surface area contributed by atoms with Crippen molar-refractivity contribution in [2.45, 2.75) is 78.6 Å². The van der Waals surface area contributed by atoms with Gasteiger partial charge >= 0.3 is 0 Å². The Labute approximate surface area is 188 Å². The van der Waals surface area contributed by atoms with E-state index < -0.39 is 11.9 Å². The molecule has 1 aliphatic rings. The minimum Gasteiger partial charge on any atom is -0.494 e. The van der Waals surface area contributed by atoms with Crippen LogP contribution in [-0.2, 0) is 14.2 Å². The highest BCUT2D eigenvalue weighted by atomic mass is 35.5. The summed E-state index contributed by atoms with van der Waals surface area (Å²) in [4.78, 5) is 0. The molecule has 0 aromatic carbocycles. The molecule has 3 atom stereocenters. The average Bonchev–Trinajstić information content (AvgIpc) is 2.70. The first-order valence-electron chi connectivity index (χ1n) is 10.8. The predicted molar refractivity (Wildman–Crippen MR) is 125 cm³/mol. The summed E-state index contributed by atoms with van der Waals surface area (Å²) in [6.07, 6.45) is 11.0. The standard InChI is InChI=1S/C25H41ClO4/c1-17(2)11-9-12-18(3)13-10-14-19(4)15-16-21-20(5)25(29-7,30-8)24(28-6)22(26)23(21)27/h11,13,15,20-21,23,27H,9-10,12,14,16H2,1-8H3/b18-13+,19-15+. The number of allylic oxidation sites excluding steroid dienone is 6. The lowest BCUT2D eigenvalue weighted by Crippen LogP contribution is -2.53. The molecule has 1 rings (SSSR count). The first-order chi connectivity index (χ1) is 14.1. The highest BCUT2D eigenvalue weighted by molar-refractivity contribution is 6.30. The van der Waals surface area contributed by atoms with E-state index in [4.69, 9.17) is 25.8 Å². The molecule has 0 saturated carbocycles. The summed E-state index contributed by atoms with van der Waals surface area (Å²) in [5.41, 5.74) is 4.12. The van der Waals surface area contributed by atoms with Crippen molar-refractivity contribution in [3.63, 3.8) is 0 Å². The summed E-state index contributed by atoms with van der Waals surface area (Å²) in [7, 11) is 4.67. The van der Waals surface area contributed by atoms with E-state index in [9.17, 15) is 5.11 Å². The lowest BCUT2D eigenvalue weighted by molar-refractivity contribution is -0.250. The van der Waals surface area contributed by atoms with Crippen LogP contribution in [0.4, 0.5) is 0 Å². The maximum Gasteiger partial charge on any atom is 0.231 e. The van der Waals surface area contributed by atoms with Crippen LogP contribution in [0.15, 0.2) is 45.7 Å². The van der Waals surface area contributed by atoms with Crippen molar-refractivity contribution in [3.8, 4) is 0 Å². The molecule has 0 aromatic heterocycles. The minimum absolute atomic E-state index is 0.132. The second-order valence-corrected chi connectivity index (χ2v) is 8.96. The average molecular weight is 441 g/mol. The summed E-state index contributed by atoms with van der Waals surface area (Å²) < 4.78 is 16.9. The van der Waals surface area contributed by atoms with E-state index in [1.54, 1.807) is 14.2 Å². The van der Waals surface area contributed by atoms with Crippen LogP contribution in [0.25, 0.3) is 0 Å². The van der Waals surface area contributed by atoms with Crippen LogP contribution in [-0.4, -0.2) is 38.3 Å². The van der Waals surface area contributed by atoms with Crippen molar-refractivity contribution in [2.24, 2.45) is 11.8 Å². The Bertz CT molecular complexity index is 667. The van der Waals surface area contributed by atoms with Gasteiger partial charge in [0, 0.05) is 26.1 Å². The summed E-state index contributed by atoms with van der Waals surface area (Å²) in [6.45, 7) is 10.6. The Kier molecular flexibility index (Phi) is 11.4. The van der Waals surface area contributed by atoms with E-state index in [2.05, 4.69) is 45.9 Å². The Morgan fingerprint density at radius 2 is 1.50 bits per heavy atom. The maximum absolute atomic E-state index is 10.8. The van der Waals surface area contributed by atoms with Crippen LogP contribution in [0.5, 0.6) is 0 Å². The number of ether oxygens (including phenoxy) is 3. The van der Waals surface area contributed by atoms with Gasteiger partial charge in [0.2, 0.25) is 5.79 Å². The molecule has 0 aliphatic heterocycles. The molecular formula is C25H41ClO4. The molecule has 1 aliphatic carbocycles. The maximum atomic E-state index is 10.8. The van der Waals surface area contributed by atoms with Crippen LogP contribution in [0.3, 0.4) is 0 Å². The second kappa shape index (κ2) is 12.7. The first kappa shape index (κ1) is 27.0. The quantitative estimate of drug-likeness (QED) is 0.294. The zero-order valence-electron chi connectivity index (χ0n) is 20.0. The predicted octanol–water partition coefficient (Wildman–Crippen LogP) is 6.51. The van der Waals surface area contributed by atoms with Crippen LogP contribution >= 0.6 is 11.6 Å². The fourth-order valence-electron chi connectivity index (χ4n) is 4.14. The number of aliphatic hydroxyl groups excluding tert-OH is 1. The van der Waals surface area contributed by atoms with E-state index in [1.807, 2.05) is 6.92 Å². The van der Waals surface area contributed by atoms with E-state index >= 15 is 0 Å².